The van der Waals surface area contributed by atoms with Gasteiger partial charge in [-0.3, -0.25) is 0 Å². The highest BCUT2D eigenvalue weighted by Crippen LogP contribution is 2.28. The molecule has 3 nitrogen and oxygen atoms in total. The summed E-state index contributed by atoms with van der Waals surface area (Å²) >= 11 is 1.52. The van der Waals surface area contributed by atoms with Gasteiger partial charge in [-0.25, -0.2) is 9.37 Å². The molecule has 1 heterocycles. The van der Waals surface area contributed by atoms with E-state index >= 15 is 0 Å². The predicted molar refractivity (Wildman–Crippen MR) is 75.7 cm³/mol. The van der Waals surface area contributed by atoms with Gasteiger partial charge < -0.3 is 10.3 Å². The van der Waals surface area contributed by atoms with Gasteiger partial charge >= 0.3 is 0 Å². The summed E-state index contributed by atoms with van der Waals surface area (Å²) in [6, 6.07) is 4.87. The quantitative estimate of drug-likeness (QED) is 0.851. The first-order valence-electron chi connectivity index (χ1n) is 6.31. The molecule has 0 aliphatic carbocycles. The summed E-state index contributed by atoms with van der Waals surface area (Å²) in [5.74, 6) is 0.375. The van der Waals surface area contributed by atoms with E-state index in [2.05, 4.69) is 29.1 Å². The first-order chi connectivity index (χ1) is 9.15. The van der Waals surface area contributed by atoms with E-state index in [1.54, 1.807) is 24.5 Å². The van der Waals surface area contributed by atoms with Crippen molar-refractivity contribution < 1.29 is 4.39 Å². The van der Waals surface area contributed by atoms with Crippen LogP contribution in [-0.2, 0) is 6.54 Å². The summed E-state index contributed by atoms with van der Waals surface area (Å²) in [6.07, 6.45) is 3.49. The number of nitrogens with zero attached hydrogens (tertiary/aromatic N) is 1. The fourth-order valence-corrected chi connectivity index (χ4v) is 2.54. The molecule has 0 fully saturated rings. The van der Waals surface area contributed by atoms with Crippen molar-refractivity contribution in [2.24, 2.45) is 5.92 Å². The van der Waals surface area contributed by atoms with Gasteiger partial charge in [0.1, 0.15) is 5.82 Å². The van der Waals surface area contributed by atoms with Gasteiger partial charge in [-0.15, -0.1) is 0 Å². The van der Waals surface area contributed by atoms with Crippen molar-refractivity contribution in [2.45, 2.75) is 30.4 Å². The molecule has 0 radical (unpaired) electrons. The number of aromatic nitrogens is 2. The van der Waals surface area contributed by atoms with Crippen molar-refractivity contribution in [1.29, 1.82) is 0 Å². The first kappa shape index (κ1) is 14.1. The lowest BCUT2D eigenvalue weighted by Crippen LogP contribution is -2.19. The molecule has 0 saturated carbocycles. The topological polar surface area (TPSA) is 40.7 Å². The van der Waals surface area contributed by atoms with Crippen molar-refractivity contribution in [2.75, 3.05) is 6.54 Å². The summed E-state index contributed by atoms with van der Waals surface area (Å²) in [5, 5.41) is 4.15. The Bertz CT molecular complexity index is 511. The van der Waals surface area contributed by atoms with Crippen LogP contribution in [-0.4, -0.2) is 16.5 Å². The molecule has 0 aliphatic heterocycles. The molecule has 0 atom stereocenters. The Labute approximate surface area is 117 Å². The standard InChI is InChI=1S/C14H18FN3S/c1-10(2)8-16-9-11-7-12(15)3-4-13(11)19-14-17-5-6-18-14/h3-7,10,16H,8-9H2,1-2H3,(H,17,18). The van der Waals surface area contributed by atoms with Crippen LogP contribution in [0.25, 0.3) is 0 Å². The van der Waals surface area contributed by atoms with Crippen molar-refractivity contribution in [3.63, 3.8) is 0 Å². The molecular weight excluding hydrogens is 261 g/mol. The lowest BCUT2D eigenvalue weighted by Gasteiger charge is -2.11. The first-order valence-corrected chi connectivity index (χ1v) is 7.13. The fraction of sp³-hybridized carbons (Fsp3) is 0.357. The van der Waals surface area contributed by atoms with E-state index in [9.17, 15) is 4.39 Å². The monoisotopic (exact) mass is 279 g/mol. The van der Waals surface area contributed by atoms with Gasteiger partial charge in [-0.05, 0) is 36.2 Å². The van der Waals surface area contributed by atoms with E-state index in [0.717, 1.165) is 22.2 Å². The number of rotatable bonds is 6. The van der Waals surface area contributed by atoms with Crippen LogP contribution in [0.1, 0.15) is 19.4 Å². The highest BCUT2D eigenvalue weighted by atomic mass is 32.2. The average molecular weight is 279 g/mol. The molecule has 0 bridgehead atoms. The zero-order valence-electron chi connectivity index (χ0n) is 11.1. The Morgan fingerprint density at radius 1 is 1.42 bits per heavy atom. The van der Waals surface area contributed by atoms with E-state index in [-0.39, 0.29) is 5.82 Å². The van der Waals surface area contributed by atoms with Crippen molar-refractivity contribution in [1.82, 2.24) is 15.3 Å². The Morgan fingerprint density at radius 3 is 2.95 bits per heavy atom. The second kappa shape index (κ2) is 6.73. The second-order valence-electron chi connectivity index (χ2n) is 4.77. The molecule has 2 N–H and O–H groups in total. The number of halogens is 1. The van der Waals surface area contributed by atoms with Gasteiger partial charge in [0.05, 0.1) is 0 Å². The molecular formula is C14H18FN3S. The van der Waals surface area contributed by atoms with E-state index in [0.29, 0.717) is 12.5 Å². The summed E-state index contributed by atoms with van der Waals surface area (Å²) in [7, 11) is 0. The SMILES string of the molecule is CC(C)CNCc1cc(F)ccc1Sc1ncc[nH]1. The zero-order valence-corrected chi connectivity index (χ0v) is 11.9. The van der Waals surface area contributed by atoms with Crippen LogP contribution >= 0.6 is 11.8 Å². The van der Waals surface area contributed by atoms with Gasteiger partial charge in [0.2, 0.25) is 0 Å². The van der Waals surface area contributed by atoms with E-state index < -0.39 is 0 Å². The lowest BCUT2D eigenvalue weighted by atomic mass is 10.2. The Balaban J connectivity index is 2.08. The smallest absolute Gasteiger partial charge is 0.170 e. The maximum atomic E-state index is 13.4. The van der Waals surface area contributed by atoms with E-state index in [4.69, 9.17) is 0 Å². The minimum atomic E-state index is -0.204. The Kier molecular flexibility index (Phi) is 4.99. The number of H-pyrrole nitrogens is 1. The Hall–Kier alpha value is -1.33. The molecule has 0 aliphatic rings. The minimum Gasteiger partial charge on any atom is -0.339 e. The van der Waals surface area contributed by atoms with E-state index in [1.807, 2.05) is 0 Å². The lowest BCUT2D eigenvalue weighted by molar-refractivity contribution is 0.547. The minimum absolute atomic E-state index is 0.204. The number of benzene rings is 1. The summed E-state index contributed by atoms with van der Waals surface area (Å²) in [5.41, 5.74) is 0.960. The number of hydrogen-bond acceptors (Lipinski definition) is 3. The van der Waals surface area contributed by atoms with Gasteiger partial charge in [-0.2, -0.15) is 0 Å². The third-order valence-corrected chi connectivity index (χ3v) is 3.61. The number of imidazole rings is 1. The maximum Gasteiger partial charge on any atom is 0.170 e. The predicted octanol–water partition coefficient (Wildman–Crippen LogP) is 3.45. The molecule has 2 rings (SSSR count). The molecule has 102 valence electrons. The molecule has 0 unspecified atom stereocenters. The van der Waals surface area contributed by atoms with Gasteiger partial charge in [0.15, 0.2) is 5.16 Å². The van der Waals surface area contributed by atoms with Crippen LogP contribution in [0.5, 0.6) is 0 Å². The molecule has 2 aromatic rings. The van der Waals surface area contributed by atoms with Crippen LogP contribution < -0.4 is 5.32 Å². The average Bonchev–Trinajstić information content (AvgIpc) is 2.85. The normalized spacial score (nSPS) is 11.2. The number of nitrogens with one attached hydrogen (secondary N) is 2. The molecule has 0 spiro atoms. The largest absolute Gasteiger partial charge is 0.339 e. The number of aromatic amines is 1. The van der Waals surface area contributed by atoms with Gasteiger partial charge in [-0.1, -0.05) is 25.6 Å². The molecule has 1 aromatic heterocycles. The summed E-state index contributed by atoms with van der Waals surface area (Å²) < 4.78 is 13.4. The van der Waals surface area contributed by atoms with Gasteiger partial charge in [0.25, 0.3) is 0 Å². The van der Waals surface area contributed by atoms with Crippen molar-refractivity contribution in [3.8, 4) is 0 Å². The van der Waals surface area contributed by atoms with Crippen molar-refractivity contribution >= 4 is 11.8 Å². The molecule has 0 amide bonds. The molecule has 19 heavy (non-hydrogen) atoms. The van der Waals surface area contributed by atoms with Crippen LogP contribution in [0.15, 0.2) is 40.6 Å². The third-order valence-electron chi connectivity index (χ3n) is 2.57. The van der Waals surface area contributed by atoms with Gasteiger partial charge in [0, 0.05) is 23.8 Å². The highest BCUT2D eigenvalue weighted by Gasteiger charge is 2.07. The molecule has 0 saturated heterocycles. The van der Waals surface area contributed by atoms with E-state index in [1.165, 1.54) is 17.8 Å². The summed E-state index contributed by atoms with van der Waals surface area (Å²) in [6.45, 7) is 5.88. The summed E-state index contributed by atoms with van der Waals surface area (Å²) in [4.78, 5) is 8.24. The maximum absolute atomic E-state index is 13.4. The molecule has 1 aromatic carbocycles. The zero-order chi connectivity index (χ0) is 13.7. The van der Waals surface area contributed by atoms with Crippen LogP contribution in [0.3, 0.4) is 0 Å². The van der Waals surface area contributed by atoms with Crippen LogP contribution in [0, 0.1) is 11.7 Å². The third kappa shape index (κ3) is 4.36. The Morgan fingerprint density at radius 2 is 2.26 bits per heavy atom. The second-order valence-corrected chi connectivity index (χ2v) is 5.80. The molecule has 5 heteroatoms. The highest BCUT2D eigenvalue weighted by molar-refractivity contribution is 7.99. The van der Waals surface area contributed by atoms with Crippen LogP contribution in [0.2, 0.25) is 0 Å². The fourth-order valence-electron chi connectivity index (χ4n) is 1.69. The number of hydrogen-bond donors (Lipinski definition) is 2. The van der Waals surface area contributed by atoms with Crippen molar-refractivity contribution in [3.05, 3.63) is 42.0 Å². The van der Waals surface area contributed by atoms with Crippen LogP contribution in [0.4, 0.5) is 4.39 Å².